The standard InChI is InChI=1S/C19H16Cl2F2O5S/c20-10-5-15(22)13(16(23)6-10)9-28-17-8-11(7-12(17)19(24)25)29(26,27)18-4-2-1-3-14(18)21/h1-6,11-12,17H,7-9H2,(H,24,25)/t11-,12-,17-/m1/s1. The van der Waals surface area contributed by atoms with Gasteiger partial charge in [-0.15, -0.1) is 0 Å². The van der Waals surface area contributed by atoms with Crippen molar-refractivity contribution in [3.8, 4) is 0 Å². The normalized spacial score (nSPS) is 22.0. The highest BCUT2D eigenvalue weighted by molar-refractivity contribution is 7.92. The molecule has 2 aromatic carbocycles. The SMILES string of the molecule is O=C(O)[C@@H]1C[C@@H](S(=O)(=O)c2ccccc2Cl)C[C@H]1OCc1c(F)cc(Cl)cc1F. The molecule has 1 N–H and O–H groups in total. The summed E-state index contributed by atoms with van der Waals surface area (Å²) in [6.45, 7) is -0.553. The summed E-state index contributed by atoms with van der Waals surface area (Å²) in [7, 11) is -3.91. The van der Waals surface area contributed by atoms with Crippen LogP contribution in [0.2, 0.25) is 10.0 Å². The first-order chi connectivity index (χ1) is 13.6. The topological polar surface area (TPSA) is 80.7 Å². The minimum absolute atomic E-state index is 0.0362. The summed E-state index contributed by atoms with van der Waals surface area (Å²) in [6, 6.07) is 7.70. The van der Waals surface area contributed by atoms with E-state index in [1.54, 1.807) is 6.07 Å². The van der Waals surface area contributed by atoms with Crippen molar-refractivity contribution in [3.05, 3.63) is 63.6 Å². The Morgan fingerprint density at radius 3 is 2.34 bits per heavy atom. The zero-order valence-electron chi connectivity index (χ0n) is 14.8. The molecule has 0 amide bonds. The number of benzene rings is 2. The largest absolute Gasteiger partial charge is 0.481 e. The third kappa shape index (κ3) is 4.55. The number of carboxylic acid groups (broad SMARTS) is 1. The molecule has 0 radical (unpaired) electrons. The van der Waals surface area contributed by atoms with Crippen LogP contribution >= 0.6 is 23.2 Å². The molecule has 1 saturated carbocycles. The van der Waals surface area contributed by atoms with E-state index in [1.165, 1.54) is 18.2 Å². The summed E-state index contributed by atoms with van der Waals surface area (Å²) in [5.41, 5.74) is -0.407. The number of hydrogen-bond donors (Lipinski definition) is 1. The van der Waals surface area contributed by atoms with Crippen molar-refractivity contribution < 1.29 is 31.8 Å². The van der Waals surface area contributed by atoms with Crippen molar-refractivity contribution >= 4 is 39.0 Å². The number of aliphatic carboxylic acids is 1. The smallest absolute Gasteiger partial charge is 0.309 e. The molecular formula is C19H16Cl2F2O5S. The van der Waals surface area contributed by atoms with E-state index in [0.29, 0.717) is 0 Å². The van der Waals surface area contributed by atoms with E-state index >= 15 is 0 Å². The Labute approximate surface area is 176 Å². The Bertz CT molecular complexity index is 1020. The van der Waals surface area contributed by atoms with E-state index in [1.807, 2.05) is 0 Å². The summed E-state index contributed by atoms with van der Waals surface area (Å²) in [4.78, 5) is 11.5. The fourth-order valence-electron chi connectivity index (χ4n) is 3.41. The molecule has 10 heteroatoms. The first-order valence-corrected chi connectivity index (χ1v) is 10.9. The monoisotopic (exact) mass is 464 g/mol. The minimum Gasteiger partial charge on any atom is -0.481 e. The Kier molecular flexibility index (Phi) is 6.48. The lowest BCUT2D eigenvalue weighted by Gasteiger charge is -2.17. The highest BCUT2D eigenvalue weighted by atomic mass is 35.5. The van der Waals surface area contributed by atoms with Gasteiger partial charge in [-0.05, 0) is 37.1 Å². The van der Waals surface area contributed by atoms with E-state index in [9.17, 15) is 27.1 Å². The first-order valence-electron chi connectivity index (χ1n) is 8.57. The lowest BCUT2D eigenvalue weighted by molar-refractivity contribution is -0.146. The molecule has 1 fully saturated rings. The second-order valence-electron chi connectivity index (χ2n) is 6.71. The van der Waals surface area contributed by atoms with Crippen LogP contribution in [0.5, 0.6) is 0 Å². The zero-order chi connectivity index (χ0) is 21.3. The van der Waals surface area contributed by atoms with Crippen LogP contribution in [0.3, 0.4) is 0 Å². The Morgan fingerprint density at radius 2 is 1.76 bits per heavy atom. The first kappa shape index (κ1) is 22.0. The molecule has 0 heterocycles. The highest BCUT2D eigenvalue weighted by Crippen LogP contribution is 2.38. The van der Waals surface area contributed by atoms with Crippen LogP contribution in [0.15, 0.2) is 41.3 Å². The molecule has 0 saturated heterocycles. The quantitative estimate of drug-likeness (QED) is 0.680. The van der Waals surface area contributed by atoms with Gasteiger partial charge in [-0.25, -0.2) is 17.2 Å². The van der Waals surface area contributed by atoms with E-state index in [2.05, 4.69) is 0 Å². The van der Waals surface area contributed by atoms with Crippen LogP contribution < -0.4 is 0 Å². The van der Waals surface area contributed by atoms with Gasteiger partial charge in [0.25, 0.3) is 0 Å². The molecular weight excluding hydrogens is 449 g/mol. The Balaban J connectivity index is 1.82. The maximum atomic E-state index is 13.9. The van der Waals surface area contributed by atoms with Gasteiger partial charge >= 0.3 is 5.97 Å². The van der Waals surface area contributed by atoms with Gasteiger partial charge in [0.2, 0.25) is 0 Å². The van der Waals surface area contributed by atoms with E-state index < -0.39 is 56.9 Å². The van der Waals surface area contributed by atoms with Crippen molar-refractivity contribution in [1.29, 1.82) is 0 Å². The van der Waals surface area contributed by atoms with Crippen molar-refractivity contribution in [2.24, 2.45) is 5.92 Å². The van der Waals surface area contributed by atoms with Crippen molar-refractivity contribution in [2.45, 2.75) is 35.7 Å². The number of carbonyl (C=O) groups is 1. The molecule has 0 unspecified atom stereocenters. The predicted octanol–water partition coefficient (Wildman–Crippen LogP) is 4.49. The molecule has 2 aromatic rings. The van der Waals surface area contributed by atoms with Gasteiger partial charge in [-0.3, -0.25) is 4.79 Å². The van der Waals surface area contributed by atoms with E-state index in [-0.39, 0.29) is 27.8 Å². The molecule has 3 rings (SSSR count). The number of sulfone groups is 1. The maximum Gasteiger partial charge on any atom is 0.309 e. The predicted molar refractivity (Wildman–Crippen MR) is 103 cm³/mol. The molecule has 156 valence electrons. The van der Waals surface area contributed by atoms with Gasteiger partial charge in [-0.2, -0.15) is 0 Å². The molecule has 29 heavy (non-hydrogen) atoms. The zero-order valence-corrected chi connectivity index (χ0v) is 17.1. The summed E-state index contributed by atoms with van der Waals surface area (Å²) < 4.78 is 59.2. The molecule has 0 spiro atoms. The molecule has 5 nitrogen and oxygen atoms in total. The van der Waals surface area contributed by atoms with Gasteiger partial charge in [0, 0.05) is 10.6 Å². The molecule has 0 bridgehead atoms. The summed E-state index contributed by atoms with van der Waals surface area (Å²) in [6.07, 6.45) is -1.37. The van der Waals surface area contributed by atoms with Crippen LogP contribution in [-0.2, 0) is 26.0 Å². The van der Waals surface area contributed by atoms with Crippen LogP contribution in [0.25, 0.3) is 0 Å². The molecule has 0 aromatic heterocycles. The van der Waals surface area contributed by atoms with Crippen molar-refractivity contribution in [1.82, 2.24) is 0 Å². The van der Waals surface area contributed by atoms with Gasteiger partial charge in [-0.1, -0.05) is 35.3 Å². The van der Waals surface area contributed by atoms with Crippen LogP contribution in [0.4, 0.5) is 8.78 Å². The average Bonchev–Trinajstić information content (AvgIpc) is 3.06. The minimum atomic E-state index is -3.91. The lowest BCUT2D eigenvalue weighted by atomic mass is 10.1. The van der Waals surface area contributed by atoms with Crippen LogP contribution in [0.1, 0.15) is 18.4 Å². The molecule has 1 aliphatic carbocycles. The van der Waals surface area contributed by atoms with Gasteiger partial charge < -0.3 is 9.84 Å². The van der Waals surface area contributed by atoms with E-state index in [4.69, 9.17) is 27.9 Å². The van der Waals surface area contributed by atoms with Crippen LogP contribution in [0, 0.1) is 17.6 Å². The third-order valence-electron chi connectivity index (χ3n) is 4.91. The molecule has 3 atom stereocenters. The second-order valence-corrected chi connectivity index (χ2v) is 9.75. The number of ether oxygens (including phenoxy) is 1. The Morgan fingerprint density at radius 1 is 1.14 bits per heavy atom. The fourth-order valence-corrected chi connectivity index (χ4v) is 5.93. The Hall–Kier alpha value is -1.74. The fraction of sp³-hybridized carbons (Fsp3) is 0.316. The number of hydrogen-bond acceptors (Lipinski definition) is 4. The molecule has 0 aliphatic heterocycles. The third-order valence-corrected chi connectivity index (χ3v) is 7.80. The lowest BCUT2D eigenvalue weighted by Crippen LogP contribution is -2.25. The summed E-state index contributed by atoms with van der Waals surface area (Å²) in [5, 5.41) is 8.33. The summed E-state index contributed by atoms with van der Waals surface area (Å²) >= 11 is 11.6. The number of halogens is 4. The second kappa shape index (κ2) is 8.55. The van der Waals surface area contributed by atoms with Gasteiger partial charge in [0.15, 0.2) is 9.84 Å². The maximum absolute atomic E-state index is 13.9. The highest BCUT2D eigenvalue weighted by Gasteiger charge is 2.46. The average molecular weight is 465 g/mol. The van der Waals surface area contributed by atoms with Gasteiger partial charge in [0.05, 0.1) is 33.8 Å². The number of carboxylic acids is 1. The summed E-state index contributed by atoms with van der Waals surface area (Å²) in [5.74, 6) is -4.25. The van der Waals surface area contributed by atoms with E-state index in [0.717, 1.165) is 12.1 Å². The van der Waals surface area contributed by atoms with Crippen LogP contribution in [-0.4, -0.2) is 30.8 Å². The van der Waals surface area contributed by atoms with Crippen molar-refractivity contribution in [3.63, 3.8) is 0 Å². The number of rotatable bonds is 6. The van der Waals surface area contributed by atoms with Gasteiger partial charge in [0.1, 0.15) is 11.6 Å². The molecule has 1 aliphatic rings. The van der Waals surface area contributed by atoms with Crippen molar-refractivity contribution in [2.75, 3.05) is 0 Å².